The van der Waals surface area contributed by atoms with Crippen LogP contribution in [0.25, 0.3) is 0 Å². The van der Waals surface area contributed by atoms with Crippen molar-refractivity contribution in [2.24, 2.45) is 0 Å². The predicted molar refractivity (Wildman–Crippen MR) is 80.7 cm³/mol. The van der Waals surface area contributed by atoms with Crippen LogP contribution in [0.5, 0.6) is 0 Å². The van der Waals surface area contributed by atoms with Crippen LogP contribution in [0.15, 0.2) is 18.2 Å². The first-order chi connectivity index (χ1) is 10.1. The third-order valence-electron chi connectivity index (χ3n) is 3.23. The highest BCUT2D eigenvalue weighted by atomic mass is 35.5. The number of nitrogens with zero attached hydrogens (tertiary/aromatic N) is 1. The van der Waals surface area contributed by atoms with Gasteiger partial charge in [0.15, 0.2) is 0 Å². The number of rotatable bonds is 4. The van der Waals surface area contributed by atoms with Gasteiger partial charge in [-0.2, -0.15) is 0 Å². The molecule has 1 aromatic rings. The lowest BCUT2D eigenvalue weighted by Crippen LogP contribution is -2.46. The van der Waals surface area contributed by atoms with Crippen molar-refractivity contribution in [3.8, 4) is 0 Å². The molecule has 0 bridgehead atoms. The average Bonchev–Trinajstić information content (AvgIpc) is 2.49. The van der Waals surface area contributed by atoms with Crippen LogP contribution in [-0.4, -0.2) is 56.6 Å². The van der Waals surface area contributed by atoms with Gasteiger partial charge in [-0.1, -0.05) is 11.6 Å². The second-order valence-corrected chi connectivity index (χ2v) is 5.17. The summed E-state index contributed by atoms with van der Waals surface area (Å²) in [5, 5.41) is 6.29. The second-order valence-electron chi connectivity index (χ2n) is 4.76. The number of anilines is 1. The Morgan fingerprint density at radius 2 is 2.10 bits per heavy atom. The summed E-state index contributed by atoms with van der Waals surface area (Å²) in [6, 6.07) is 4.74. The molecule has 114 valence electrons. The monoisotopic (exact) mass is 311 g/mol. The van der Waals surface area contributed by atoms with Crippen LogP contribution in [0.3, 0.4) is 0 Å². The number of esters is 1. The number of carbonyl (C=O) groups is 2. The lowest BCUT2D eigenvalue weighted by atomic mass is 10.2. The Balaban J connectivity index is 1.98. The van der Waals surface area contributed by atoms with E-state index < -0.39 is 5.97 Å². The summed E-state index contributed by atoms with van der Waals surface area (Å²) < 4.78 is 4.65. The average molecular weight is 312 g/mol. The zero-order chi connectivity index (χ0) is 15.2. The topological polar surface area (TPSA) is 70.7 Å². The molecule has 0 saturated carbocycles. The van der Waals surface area contributed by atoms with Gasteiger partial charge in [0.05, 0.1) is 24.2 Å². The van der Waals surface area contributed by atoms with E-state index >= 15 is 0 Å². The van der Waals surface area contributed by atoms with Crippen LogP contribution < -0.4 is 10.6 Å². The van der Waals surface area contributed by atoms with Gasteiger partial charge in [0.1, 0.15) is 0 Å². The smallest absolute Gasteiger partial charge is 0.339 e. The highest BCUT2D eigenvalue weighted by molar-refractivity contribution is 6.33. The fraction of sp³-hybridized carbons (Fsp3) is 0.429. The Morgan fingerprint density at radius 1 is 1.38 bits per heavy atom. The Kier molecular flexibility index (Phi) is 5.55. The van der Waals surface area contributed by atoms with Gasteiger partial charge < -0.3 is 15.4 Å². The highest BCUT2D eigenvalue weighted by Crippen LogP contribution is 2.21. The Bertz CT molecular complexity index is 530. The number of methoxy groups -OCH3 is 1. The van der Waals surface area contributed by atoms with Crippen molar-refractivity contribution in [1.29, 1.82) is 0 Å². The molecule has 1 aliphatic rings. The minimum atomic E-state index is -0.529. The number of carbonyl (C=O) groups excluding carboxylic acids is 2. The number of amides is 1. The first kappa shape index (κ1) is 15.8. The molecule has 21 heavy (non-hydrogen) atoms. The molecule has 0 atom stereocenters. The Hall–Kier alpha value is -1.63. The third kappa shape index (κ3) is 4.42. The molecule has 1 heterocycles. The molecule has 0 aliphatic carbocycles. The van der Waals surface area contributed by atoms with E-state index in [1.165, 1.54) is 13.2 Å². The van der Waals surface area contributed by atoms with E-state index in [0.29, 0.717) is 17.3 Å². The van der Waals surface area contributed by atoms with Gasteiger partial charge in [0, 0.05) is 31.9 Å². The van der Waals surface area contributed by atoms with Crippen LogP contribution in [-0.2, 0) is 9.53 Å². The van der Waals surface area contributed by atoms with Gasteiger partial charge in [-0.25, -0.2) is 4.79 Å². The first-order valence-electron chi connectivity index (χ1n) is 6.71. The summed E-state index contributed by atoms with van der Waals surface area (Å²) in [6.07, 6.45) is 0. The molecular formula is C14H18ClN3O3. The standard InChI is InChI=1S/C14H18ClN3O3/c1-21-14(20)11-8-10(2-3-12(11)15)17-13(19)9-18-6-4-16-5-7-18/h2-3,8,16H,4-7,9H2,1H3,(H,17,19). The molecule has 7 heteroatoms. The molecule has 1 aromatic carbocycles. The molecule has 0 spiro atoms. The minimum absolute atomic E-state index is 0.116. The first-order valence-corrected chi connectivity index (χ1v) is 7.08. The quantitative estimate of drug-likeness (QED) is 0.811. The van der Waals surface area contributed by atoms with Gasteiger partial charge in [-0.05, 0) is 18.2 Å². The molecular weight excluding hydrogens is 294 g/mol. The fourth-order valence-electron chi connectivity index (χ4n) is 2.14. The maximum absolute atomic E-state index is 12.0. The van der Waals surface area contributed by atoms with E-state index in [-0.39, 0.29) is 11.5 Å². The molecule has 0 radical (unpaired) electrons. The highest BCUT2D eigenvalue weighted by Gasteiger charge is 2.15. The minimum Gasteiger partial charge on any atom is -0.465 e. The fourth-order valence-corrected chi connectivity index (χ4v) is 2.34. The van der Waals surface area contributed by atoms with Crippen molar-refractivity contribution >= 4 is 29.2 Å². The van der Waals surface area contributed by atoms with E-state index in [9.17, 15) is 9.59 Å². The van der Waals surface area contributed by atoms with Crippen molar-refractivity contribution < 1.29 is 14.3 Å². The maximum Gasteiger partial charge on any atom is 0.339 e. The summed E-state index contributed by atoms with van der Waals surface area (Å²) in [5.41, 5.74) is 0.763. The van der Waals surface area contributed by atoms with Crippen LogP contribution in [0.4, 0.5) is 5.69 Å². The van der Waals surface area contributed by atoms with Crippen LogP contribution in [0.1, 0.15) is 10.4 Å². The van der Waals surface area contributed by atoms with E-state index in [1.807, 2.05) is 0 Å². The second kappa shape index (κ2) is 7.40. The Morgan fingerprint density at radius 3 is 2.76 bits per heavy atom. The van der Waals surface area contributed by atoms with Crippen LogP contribution in [0, 0.1) is 0 Å². The SMILES string of the molecule is COC(=O)c1cc(NC(=O)CN2CCNCC2)ccc1Cl. The molecule has 1 fully saturated rings. The van der Waals surface area contributed by atoms with E-state index in [4.69, 9.17) is 11.6 Å². The van der Waals surface area contributed by atoms with E-state index in [2.05, 4.69) is 20.3 Å². The summed E-state index contributed by atoms with van der Waals surface area (Å²) in [6.45, 7) is 3.81. The van der Waals surface area contributed by atoms with Gasteiger partial charge in [-0.3, -0.25) is 9.69 Å². The number of benzene rings is 1. The molecule has 2 N–H and O–H groups in total. The van der Waals surface area contributed by atoms with Crippen molar-refractivity contribution in [3.05, 3.63) is 28.8 Å². The Labute approximate surface area is 128 Å². The van der Waals surface area contributed by atoms with Crippen LogP contribution >= 0.6 is 11.6 Å². The lowest BCUT2D eigenvalue weighted by Gasteiger charge is -2.26. The molecule has 0 unspecified atom stereocenters. The molecule has 6 nitrogen and oxygen atoms in total. The van der Waals surface area contributed by atoms with Gasteiger partial charge in [-0.15, -0.1) is 0 Å². The zero-order valence-electron chi connectivity index (χ0n) is 11.8. The van der Waals surface area contributed by atoms with Gasteiger partial charge in [0.25, 0.3) is 0 Å². The largest absolute Gasteiger partial charge is 0.465 e. The molecule has 2 rings (SSSR count). The number of ether oxygens (including phenoxy) is 1. The normalized spacial score (nSPS) is 15.5. The maximum atomic E-state index is 12.0. The molecule has 0 aromatic heterocycles. The summed E-state index contributed by atoms with van der Waals surface area (Å²) >= 11 is 5.93. The van der Waals surface area contributed by atoms with Crippen molar-refractivity contribution in [3.63, 3.8) is 0 Å². The van der Waals surface area contributed by atoms with Crippen molar-refractivity contribution in [1.82, 2.24) is 10.2 Å². The van der Waals surface area contributed by atoms with Gasteiger partial charge in [0.2, 0.25) is 5.91 Å². The molecule has 1 saturated heterocycles. The zero-order valence-corrected chi connectivity index (χ0v) is 12.6. The van der Waals surface area contributed by atoms with Crippen molar-refractivity contribution in [2.45, 2.75) is 0 Å². The number of hydrogen-bond acceptors (Lipinski definition) is 5. The predicted octanol–water partition coefficient (Wildman–Crippen LogP) is 0.970. The number of halogens is 1. The number of nitrogens with one attached hydrogen (secondary N) is 2. The lowest BCUT2D eigenvalue weighted by molar-refractivity contribution is -0.117. The third-order valence-corrected chi connectivity index (χ3v) is 3.56. The molecule has 1 aliphatic heterocycles. The number of hydrogen-bond donors (Lipinski definition) is 2. The van der Waals surface area contributed by atoms with Crippen LogP contribution in [0.2, 0.25) is 5.02 Å². The van der Waals surface area contributed by atoms with E-state index in [1.54, 1.807) is 12.1 Å². The van der Waals surface area contributed by atoms with Crippen molar-refractivity contribution in [2.75, 3.05) is 45.2 Å². The summed E-state index contributed by atoms with van der Waals surface area (Å²) in [5.74, 6) is -0.645. The summed E-state index contributed by atoms with van der Waals surface area (Å²) in [4.78, 5) is 25.6. The van der Waals surface area contributed by atoms with Gasteiger partial charge >= 0.3 is 5.97 Å². The molecule has 1 amide bonds. The summed E-state index contributed by atoms with van der Waals surface area (Å²) in [7, 11) is 1.29. The number of piperazine rings is 1. The van der Waals surface area contributed by atoms with E-state index in [0.717, 1.165) is 26.2 Å².